The molecule has 1 amide bonds. The van der Waals surface area contributed by atoms with Crippen molar-refractivity contribution in [2.24, 2.45) is 5.92 Å². The van der Waals surface area contributed by atoms with Crippen LogP contribution in [0.2, 0.25) is 0 Å². The van der Waals surface area contributed by atoms with Gasteiger partial charge >= 0.3 is 0 Å². The molecule has 0 saturated carbocycles. The Morgan fingerprint density at radius 3 is 2.84 bits per heavy atom. The number of nitro groups is 1. The summed E-state index contributed by atoms with van der Waals surface area (Å²) in [6.07, 6.45) is 1.31. The average molecular weight is 439 g/mol. The third-order valence-corrected chi connectivity index (χ3v) is 5.92. The van der Waals surface area contributed by atoms with E-state index < -0.39 is 4.92 Å². The van der Waals surface area contributed by atoms with Gasteiger partial charge in [-0.3, -0.25) is 14.9 Å². The molecule has 31 heavy (non-hydrogen) atoms. The molecule has 3 heterocycles. The molecular weight excluding hydrogens is 416 g/mol. The van der Waals surface area contributed by atoms with Crippen LogP contribution >= 0.6 is 11.3 Å². The molecule has 0 radical (unpaired) electrons. The van der Waals surface area contributed by atoms with Gasteiger partial charge in [0.2, 0.25) is 5.91 Å². The smallest absolute Gasteiger partial charge is 0.270 e. The zero-order valence-corrected chi connectivity index (χ0v) is 18.1. The van der Waals surface area contributed by atoms with E-state index in [9.17, 15) is 14.9 Å². The van der Waals surface area contributed by atoms with Crippen LogP contribution in [0.3, 0.4) is 0 Å². The van der Waals surface area contributed by atoms with Gasteiger partial charge in [0, 0.05) is 42.0 Å². The monoisotopic (exact) mass is 438 g/mol. The molecule has 0 saturated heterocycles. The minimum atomic E-state index is -0.436. The zero-order chi connectivity index (χ0) is 22.0. The number of amides is 1. The van der Waals surface area contributed by atoms with Gasteiger partial charge in [0.1, 0.15) is 0 Å². The number of aromatic nitrogens is 3. The Morgan fingerprint density at radius 2 is 2.13 bits per heavy atom. The maximum Gasteiger partial charge on any atom is 0.270 e. The molecule has 2 aromatic heterocycles. The van der Waals surface area contributed by atoms with Gasteiger partial charge in [-0.2, -0.15) is 0 Å². The van der Waals surface area contributed by atoms with E-state index in [0.717, 1.165) is 17.0 Å². The lowest BCUT2D eigenvalue weighted by Crippen LogP contribution is -2.36. The number of fused-ring (bicyclic) bond motifs is 1. The molecule has 0 spiro atoms. The van der Waals surface area contributed by atoms with Gasteiger partial charge < -0.3 is 10.2 Å². The van der Waals surface area contributed by atoms with Gasteiger partial charge in [0.15, 0.2) is 10.9 Å². The molecule has 10 heteroatoms. The highest BCUT2D eigenvalue weighted by Gasteiger charge is 2.24. The normalized spacial score (nSPS) is 13.2. The van der Waals surface area contributed by atoms with Crippen molar-refractivity contribution in [1.29, 1.82) is 0 Å². The summed E-state index contributed by atoms with van der Waals surface area (Å²) < 4.78 is 0. The van der Waals surface area contributed by atoms with E-state index in [-0.39, 0.29) is 11.6 Å². The van der Waals surface area contributed by atoms with E-state index >= 15 is 0 Å². The van der Waals surface area contributed by atoms with Gasteiger partial charge in [0.05, 0.1) is 22.9 Å². The minimum absolute atomic E-state index is 0.00999. The summed E-state index contributed by atoms with van der Waals surface area (Å²) in [7, 11) is 0. The molecule has 0 fully saturated rings. The molecule has 0 bridgehead atoms. The average Bonchev–Trinajstić information content (AvgIpc) is 3.15. The second-order valence-corrected chi connectivity index (χ2v) is 8.87. The quantitative estimate of drug-likeness (QED) is 0.453. The summed E-state index contributed by atoms with van der Waals surface area (Å²) in [5, 5.41) is 23.2. The predicted octanol–water partition coefficient (Wildman–Crippen LogP) is 4.18. The van der Waals surface area contributed by atoms with Crippen LogP contribution in [0, 0.1) is 16.0 Å². The van der Waals surface area contributed by atoms with Crippen LogP contribution < -0.4 is 5.32 Å². The van der Waals surface area contributed by atoms with Crippen LogP contribution in [0.5, 0.6) is 0 Å². The van der Waals surface area contributed by atoms with Crippen molar-refractivity contribution >= 4 is 33.9 Å². The third-order valence-electron chi connectivity index (χ3n) is 4.92. The van der Waals surface area contributed by atoms with Crippen LogP contribution in [0.4, 0.5) is 16.6 Å². The molecule has 0 aliphatic carbocycles. The molecule has 4 rings (SSSR count). The van der Waals surface area contributed by atoms with Crippen LogP contribution in [-0.2, 0) is 17.8 Å². The van der Waals surface area contributed by atoms with Crippen LogP contribution in [0.1, 0.15) is 30.8 Å². The fourth-order valence-corrected chi connectivity index (χ4v) is 4.41. The molecule has 0 unspecified atom stereocenters. The highest BCUT2D eigenvalue weighted by atomic mass is 32.1. The van der Waals surface area contributed by atoms with Crippen LogP contribution in [0.25, 0.3) is 11.3 Å². The molecule has 1 aliphatic rings. The lowest BCUT2D eigenvalue weighted by Gasteiger charge is -2.26. The number of anilines is 2. The predicted molar refractivity (Wildman–Crippen MR) is 118 cm³/mol. The summed E-state index contributed by atoms with van der Waals surface area (Å²) in [5.74, 6) is 1.07. The van der Waals surface area contributed by atoms with E-state index in [1.165, 1.54) is 23.5 Å². The SMILES string of the molecule is CC(C)CC(=O)N1CCc2nc(Nc3ccc(-c4cccc([N+](=O)[O-])c4)nn3)sc2C1. The van der Waals surface area contributed by atoms with Gasteiger partial charge in [-0.15, -0.1) is 10.2 Å². The van der Waals surface area contributed by atoms with Crippen molar-refractivity contribution in [2.75, 3.05) is 11.9 Å². The Morgan fingerprint density at radius 1 is 1.29 bits per heavy atom. The van der Waals surface area contributed by atoms with Crippen molar-refractivity contribution in [3.05, 3.63) is 57.1 Å². The Kier molecular flexibility index (Phi) is 5.90. The molecule has 160 valence electrons. The first kappa shape index (κ1) is 20.9. The fraction of sp³-hybridized carbons (Fsp3) is 0.333. The highest BCUT2D eigenvalue weighted by Crippen LogP contribution is 2.30. The van der Waals surface area contributed by atoms with E-state index in [1.54, 1.807) is 24.3 Å². The summed E-state index contributed by atoms with van der Waals surface area (Å²) in [5.41, 5.74) is 2.20. The number of nitrogens with zero attached hydrogens (tertiary/aromatic N) is 5. The standard InChI is InChI=1S/C21H22N6O3S/c1-13(2)10-20(28)26-9-8-17-18(12-26)31-21(22-17)23-19-7-6-16(24-25-19)14-4-3-5-15(11-14)27(29)30/h3-7,11,13H,8-10,12H2,1-2H3,(H,22,23,25). The molecule has 0 atom stereocenters. The Labute approximate surface area is 183 Å². The van der Waals surface area contributed by atoms with Gasteiger partial charge in [-0.1, -0.05) is 37.3 Å². The van der Waals surface area contributed by atoms with Gasteiger partial charge in [-0.05, 0) is 18.1 Å². The third kappa shape index (κ3) is 4.85. The number of hydrogen-bond acceptors (Lipinski definition) is 8. The maximum absolute atomic E-state index is 12.4. The first-order valence-electron chi connectivity index (χ1n) is 10.0. The molecule has 1 N–H and O–H groups in total. The highest BCUT2D eigenvalue weighted by molar-refractivity contribution is 7.15. The second-order valence-electron chi connectivity index (χ2n) is 7.79. The summed E-state index contributed by atoms with van der Waals surface area (Å²) in [4.78, 5) is 30.5. The van der Waals surface area contributed by atoms with Crippen molar-refractivity contribution in [3.8, 4) is 11.3 Å². The number of carbonyl (C=O) groups is 1. The number of nitro benzene ring substituents is 1. The van der Waals surface area contributed by atoms with Gasteiger partial charge in [-0.25, -0.2) is 4.98 Å². The lowest BCUT2D eigenvalue weighted by atomic mass is 10.1. The number of rotatable bonds is 6. The second kappa shape index (κ2) is 8.76. The Bertz CT molecular complexity index is 1110. The van der Waals surface area contributed by atoms with Crippen molar-refractivity contribution in [3.63, 3.8) is 0 Å². The van der Waals surface area contributed by atoms with Crippen molar-refractivity contribution in [2.45, 2.75) is 33.2 Å². The first-order valence-corrected chi connectivity index (χ1v) is 10.8. The fourth-order valence-electron chi connectivity index (χ4n) is 3.38. The summed E-state index contributed by atoms with van der Waals surface area (Å²) in [6, 6.07) is 9.81. The molecular formula is C21H22N6O3S. The number of non-ortho nitro benzene ring substituents is 1. The Hall–Kier alpha value is -3.40. The minimum Gasteiger partial charge on any atom is -0.337 e. The van der Waals surface area contributed by atoms with E-state index in [0.29, 0.717) is 47.6 Å². The van der Waals surface area contributed by atoms with Gasteiger partial charge in [0.25, 0.3) is 5.69 Å². The number of benzene rings is 1. The molecule has 1 aliphatic heterocycles. The number of nitrogens with one attached hydrogen (secondary N) is 1. The number of hydrogen-bond donors (Lipinski definition) is 1. The van der Waals surface area contributed by atoms with E-state index in [1.807, 2.05) is 18.7 Å². The topological polar surface area (TPSA) is 114 Å². The van der Waals surface area contributed by atoms with Crippen LogP contribution in [0.15, 0.2) is 36.4 Å². The number of thiazole rings is 1. The molecule has 1 aromatic carbocycles. The summed E-state index contributed by atoms with van der Waals surface area (Å²) in [6.45, 7) is 5.39. The van der Waals surface area contributed by atoms with Crippen molar-refractivity contribution < 1.29 is 9.72 Å². The van der Waals surface area contributed by atoms with Crippen molar-refractivity contribution in [1.82, 2.24) is 20.1 Å². The largest absolute Gasteiger partial charge is 0.337 e. The van der Waals surface area contributed by atoms with Crippen LogP contribution in [-0.4, -0.2) is 37.5 Å². The first-order chi connectivity index (χ1) is 14.9. The zero-order valence-electron chi connectivity index (χ0n) is 17.2. The maximum atomic E-state index is 12.4. The molecule has 9 nitrogen and oxygen atoms in total. The van der Waals surface area contributed by atoms with E-state index in [2.05, 4.69) is 20.5 Å². The summed E-state index contributed by atoms with van der Waals surface area (Å²) >= 11 is 1.52. The number of carbonyl (C=O) groups excluding carboxylic acids is 1. The Balaban J connectivity index is 1.44. The van der Waals surface area contributed by atoms with E-state index in [4.69, 9.17) is 0 Å². The lowest BCUT2D eigenvalue weighted by molar-refractivity contribution is -0.384. The molecule has 3 aromatic rings.